The first-order valence-electron chi connectivity index (χ1n) is 8.62. The van der Waals surface area contributed by atoms with Crippen molar-refractivity contribution in [3.63, 3.8) is 0 Å². The number of halogens is 2. The van der Waals surface area contributed by atoms with Crippen molar-refractivity contribution in [3.05, 3.63) is 70.9 Å². The Bertz CT molecular complexity index is 1040. The molecule has 0 saturated carbocycles. The van der Waals surface area contributed by atoms with Crippen molar-refractivity contribution < 1.29 is 18.4 Å². The summed E-state index contributed by atoms with van der Waals surface area (Å²) in [6, 6.07) is 10.6. The molecule has 3 aromatic rings. The monoisotopic (exact) mass is 369 g/mol. The molecule has 1 aliphatic heterocycles. The molecule has 2 heterocycles. The molecule has 1 aliphatic rings. The van der Waals surface area contributed by atoms with Crippen LogP contribution >= 0.6 is 0 Å². The first-order chi connectivity index (χ1) is 13.0. The Labute approximate surface area is 154 Å². The Balaban J connectivity index is 1.42. The van der Waals surface area contributed by atoms with E-state index in [1.807, 2.05) is 24.3 Å². The van der Waals surface area contributed by atoms with Crippen molar-refractivity contribution in [2.45, 2.75) is 13.0 Å². The highest BCUT2D eigenvalue weighted by molar-refractivity contribution is 5.96. The van der Waals surface area contributed by atoms with Crippen LogP contribution in [-0.2, 0) is 17.8 Å². The lowest BCUT2D eigenvalue weighted by atomic mass is 10.0. The van der Waals surface area contributed by atoms with Crippen molar-refractivity contribution in [2.24, 2.45) is 0 Å². The molecule has 5 nitrogen and oxygen atoms in total. The van der Waals surface area contributed by atoms with E-state index < -0.39 is 17.5 Å². The molecule has 1 aromatic heterocycles. The number of carbonyl (C=O) groups excluding carboxylic acids is 2. The SMILES string of the molecule is O=C(NCC(=O)N1CCc2[nH]c3ccccc3c2C1)c1ccc(F)cc1F. The summed E-state index contributed by atoms with van der Waals surface area (Å²) in [6.45, 7) is 0.756. The molecule has 27 heavy (non-hydrogen) atoms. The van der Waals surface area contributed by atoms with Gasteiger partial charge in [0.2, 0.25) is 5.91 Å². The zero-order chi connectivity index (χ0) is 19.0. The fourth-order valence-corrected chi connectivity index (χ4v) is 3.42. The summed E-state index contributed by atoms with van der Waals surface area (Å²) in [5.74, 6) is -2.71. The van der Waals surface area contributed by atoms with Crippen LogP contribution in [0.4, 0.5) is 8.78 Å². The fourth-order valence-electron chi connectivity index (χ4n) is 3.42. The molecule has 0 fully saturated rings. The van der Waals surface area contributed by atoms with E-state index in [0.29, 0.717) is 25.6 Å². The fraction of sp³-hybridized carbons (Fsp3) is 0.200. The molecule has 0 spiro atoms. The van der Waals surface area contributed by atoms with E-state index in [9.17, 15) is 18.4 Å². The van der Waals surface area contributed by atoms with Gasteiger partial charge in [0.25, 0.3) is 5.91 Å². The highest BCUT2D eigenvalue weighted by Gasteiger charge is 2.24. The van der Waals surface area contributed by atoms with E-state index in [2.05, 4.69) is 10.3 Å². The summed E-state index contributed by atoms with van der Waals surface area (Å²) < 4.78 is 26.6. The molecule has 0 aliphatic carbocycles. The Kier molecular flexibility index (Phi) is 4.35. The number of nitrogens with one attached hydrogen (secondary N) is 2. The van der Waals surface area contributed by atoms with Gasteiger partial charge in [0.15, 0.2) is 0 Å². The number of para-hydroxylation sites is 1. The average molecular weight is 369 g/mol. The number of rotatable bonds is 3. The Morgan fingerprint density at radius 3 is 2.78 bits per heavy atom. The lowest BCUT2D eigenvalue weighted by molar-refractivity contribution is -0.131. The summed E-state index contributed by atoms with van der Waals surface area (Å²) in [5.41, 5.74) is 2.96. The first kappa shape index (κ1) is 17.2. The van der Waals surface area contributed by atoms with Crippen LogP contribution in [0.5, 0.6) is 0 Å². The molecule has 7 heteroatoms. The van der Waals surface area contributed by atoms with Gasteiger partial charge in [0.05, 0.1) is 12.1 Å². The van der Waals surface area contributed by atoms with Crippen molar-refractivity contribution in [1.82, 2.24) is 15.2 Å². The second-order valence-corrected chi connectivity index (χ2v) is 6.50. The molecule has 0 bridgehead atoms. The largest absolute Gasteiger partial charge is 0.358 e. The Morgan fingerprint density at radius 1 is 1.15 bits per heavy atom. The summed E-state index contributed by atoms with van der Waals surface area (Å²) in [4.78, 5) is 29.6. The minimum atomic E-state index is -0.957. The van der Waals surface area contributed by atoms with Gasteiger partial charge < -0.3 is 15.2 Å². The van der Waals surface area contributed by atoms with Crippen molar-refractivity contribution in [3.8, 4) is 0 Å². The number of hydrogen-bond donors (Lipinski definition) is 2. The topological polar surface area (TPSA) is 65.2 Å². The van der Waals surface area contributed by atoms with Crippen LogP contribution in [-0.4, -0.2) is 34.8 Å². The normalized spacial score (nSPS) is 13.5. The van der Waals surface area contributed by atoms with Crippen LogP contribution < -0.4 is 5.32 Å². The number of fused-ring (bicyclic) bond motifs is 3. The molecule has 138 valence electrons. The van der Waals surface area contributed by atoms with E-state index in [4.69, 9.17) is 0 Å². The number of nitrogens with zero attached hydrogens (tertiary/aromatic N) is 1. The minimum absolute atomic E-state index is 0.243. The van der Waals surface area contributed by atoms with E-state index >= 15 is 0 Å². The van der Waals surface area contributed by atoms with Gasteiger partial charge in [-0.15, -0.1) is 0 Å². The standard InChI is InChI=1S/C20H17F2N3O2/c21-12-5-6-14(16(22)9-12)20(27)23-10-19(26)25-8-7-18-15(11-25)13-3-1-2-4-17(13)24-18/h1-6,9,24H,7-8,10-11H2,(H,23,27). The molecule has 0 unspecified atom stereocenters. The second-order valence-electron chi connectivity index (χ2n) is 6.50. The number of aromatic nitrogens is 1. The van der Waals surface area contributed by atoms with E-state index in [1.54, 1.807) is 4.90 Å². The molecular weight excluding hydrogens is 352 g/mol. The Morgan fingerprint density at radius 2 is 1.96 bits per heavy atom. The highest BCUT2D eigenvalue weighted by Crippen LogP contribution is 2.27. The summed E-state index contributed by atoms with van der Waals surface area (Å²) in [6.07, 6.45) is 0.705. The van der Waals surface area contributed by atoms with Gasteiger partial charge >= 0.3 is 0 Å². The third kappa shape index (κ3) is 3.28. The molecule has 2 aromatic carbocycles. The molecule has 0 atom stereocenters. The summed E-state index contributed by atoms with van der Waals surface area (Å²) in [7, 11) is 0. The third-order valence-electron chi connectivity index (χ3n) is 4.81. The van der Waals surface area contributed by atoms with Gasteiger partial charge in [-0.2, -0.15) is 0 Å². The zero-order valence-corrected chi connectivity index (χ0v) is 14.4. The van der Waals surface area contributed by atoms with E-state index in [0.717, 1.165) is 34.3 Å². The Hall–Kier alpha value is -3.22. The summed E-state index contributed by atoms with van der Waals surface area (Å²) in [5, 5.41) is 3.50. The number of hydrogen-bond acceptors (Lipinski definition) is 2. The maximum Gasteiger partial charge on any atom is 0.254 e. The van der Waals surface area contributed by atoms with Gasteiger partial charge in [-0.25, -0.2) is 8.78 Å². The number of H-pyrrole nitrogens is 1. The molecule has 0 radical (unpaired) electrons. The van der Waals surface area contributed by atoms with Gasteiger partial charge in [0.1, 0.15) is 11.6 Å². The number of aromatic amines is 1. The number of benzene rings is 2. The molecule has 2 amide bonds. The molecular formula is C20H17F2N3O2. The van der Waals surface area contributed by atoms with Crippen LogP contribution in [0, 0.1) is 11.6 Å². The van der Waals surface area contributed by atoms with Crippen molar-refractivity contribution >= 4 is 22.7 Å². The molecule has 2 N–H and O–H groups in total. The first-order valence-corrected chi connectivity index (χ1v) is 8.62. The lowest BCUT2D eigenvalue weighted by Gasteiger charge is -2.27. The van der Waals surface area contributed by atoms with E-state index in [1.165, 1.54) is 0 Å². The predicted octanol–water partition coefficient (Wildman–Crippen LogP) is 2.76. The van der Waals surface area contributed by atoms with Gasteiger partial charge in [-0.05, 0) is 18.2 Å². The van der Waals surface area contributed by atoms with Crippen LogP contribution in [0.25, 0.3) is 10.9 Å². The minimum Gasteiger partial charge on any atom is -0.358 e. The third-order valence-corrected chi connectivity index (χ3v) is 4.81. The predicted molar refractivity (Wildman–Crippen MR) is 96.1 cm³/mol. The van der Waals surface area contributed by atoms with Gasteiger partial charge in [-0.1, -0.05) is 18.2 Å². The van der Waals surface area contributed by atoms with E-state index in [-0.39, 0.29) is 18.0 Å². The van der Waals surface area contributed by atoms with Crippen LogP contribution in [0.15, 0.2) is 42.5 Å². The lowest BCUT2D eigenvalue weighted by Crippen LogP contribution is -2.42. The van der Waals surface area contributed by atoms with Crippen LogP contribution in [0.2, 0.25) is 0 Å². The average Bonchev–Trinajstić information content (AvgIpc) is 3.03. The van der Waals surface area contributed by atoms with Gasteiger partial charge in [-0.3, -0.25) is 9.59 Å². The van der Waals surface area contributed by atoms with Crippen molar-refractivity contribution in [2.75, 3.05) is 13.1 Å². The van der Waals surface area contributed by atoms with Crippen molar-refractivity contribution in [1.29, 1.82) is 0 Å². The van der Waals surface area contributed by atoms with Gasteiger partial charge in [0, 0.05) is 47.7 Å². The number of amides is 2. The number of carbonyl (C=O) groups is 2. The maximum absolute atomic E-state index is 13.7. The quantitative estimate of drug-likeness (QED) is 0.746. The van der Waals surface area contributed by atoms with Crippen LogP contribution in [0.3, 0.4) is 0 Å². The zero-order valence-electron chi connectivity index (χ0n) is 14.4. The molecule has 4 rings (SSSR count). The summed E-state index contributed by atoms with van der Waals surface area (Å²) >= 11 is 0. The highest BCUT2D eigenvalue weighted by atomic mass is 19.1. The second kappa shape index (κ2) is 6.83. The smallest absolute Gasteiger partial charge is 0.254 e. The maximum atomic E-state index is 13.7. The van der Waals surface area contributed by atoms with Crippen LogP contribution in [0.1, 0.15) is 21.6 Å². The molecule has 0 saturated heterocycles.